The summed E-state index contributed by atoms with van der Waals surface area (Å²) in [5, 5.41) is 5.04. The molecule has 21 heavy (non-hydrogen) atoms. The zero-order chi connectivity index (χ0) is 14.9. The van der Waals surface area contributed by atoms with E-state index >= 15 is 0 Å². The van der Waals surface area contributed by atoms with Crippen LogP contribution in [-0.2, 0) is 14.8 Å². The van der Waals surface area contributed by atoms with Gasteiger partial charge in [-0.25, -0.2) is 18.1 Å². The Morgan fingerprint density at radius 1 is 1.48 bits per heavy atom. The summed E-state index contributed by atoms with van der Waals surface area (Å²) in [5.41, 5.74) is 0. The van der Waals surface area contributed by atoms with Crippen molar-refractivity contribution in [3.63, 3.8) is 0 Å². The summed E-state index contributed by atoms with van der Waals surface area (Å²) >= 11 is 1.41. The van der Waals surface area contributed by atoms with Crippen LogP contribution < -0.4 is 10.0 Å². The van der Waals surface area contributed by atoms with E-state index in [9.17, 15) is 8.42 Å². The number of nitrogens with zero attached hydrogens (tertiary/aromatic N) is 2. The molecule has 7 nitrogen and oxygen atoms in total. The van der Waals surface area contributed by atoms with Crippen LogP contribution in [0.15, 0.2) is 16.6 Å². The molecule has 1 aliphatic rings. The van der Waals surface area contributed by atoms with Crippen LogP contribution in [0.3, 0.4) is 0 Å². The second-order valence-corrected chi connectivity index (χ2v) is 7.36. The average Bonchev–Trinajstić information content (AvgIpc) is 2.99. The number of anilines is 1. The quantitative estimate of drug-likeness (QED) is 0.863. The Balaban J connectivity index is 1.96. The van der Waals surface area contributed by atoms with Crippen molar-refractivity contribution in [1.82, 2.24) is 14.1 Å². The fraction of sp³-hybridized carbons (Fsp3) is 0.583. The number of fused-ring (bicyclic) bond motifs is 1. The maximum atomic E-state index is 12.7. The van der Waals surface area contributed by atoms with E-state index in [1.54, 1.807) is 10.6 Å². The van der Waals surface area contributed by atoms with Gasteiger partial charge in [-0.05, 0) is 19.8 Å². The fourth-order valence-electron chi connectivity index (χ4n) is 2.40. The Kier molecular flexibility index (Phi) is 4.16. The SMILES string of the molecule is CCNc1nc2sccn2c1S(=O)(=O)NC1CCOCC1. The Hall–Kier alpha value is -1.16. The Labute approximate surface area is 127 Å². The third-order valence-corrected chi connectivity index (χ3v) is 5.66. The second-order valence-electron chi connectivity index (χ2n) is 4.86. The van der Waals surface area contributed by atoms with E-state index < -0.39 is 10.0 Å². The Morgan fingerprint density at radius 2 is 2.24 bits per heavy atom. The molecule has 0 radical (unpaired) electrons. The number of thiazole rings is 1. The predicted octanol–water partition coefficient (Wildman–Crippen LogP) is 1.28. The van der Waals surface area contributed by atoms with Crippen LogP contribution in [0.4, 0.5) is 5.82 Å². The Bertz CT molecular complexity index is 716. The molecule has 0 atom stereocenters. The minimum absolute atomic E-state index is 0.0811. The van der Waals surface area contributed by atoms with Gasteiger partial charge < -0.3 is 10.1 Å². The molecule has 0 aromatic carbocycles. The number of ether oxygens (including phenoxy) is 1. The topological polar surface area (TPSA) is 84.7 Å². The van der Waals surface area contributed by atoms with Gasteiger partial charge in [0.25, 0.3) is 10.0 Å². The van der Waals surface area contributed by atoms with Gasteiger partial charge in [-0.3, -0.25) is 4.40 Å². The first-order valence-corrected chi connectivity index (χ1v) is 9.27. The van der Waals surface area contributed by atoms with Gasteiger partial charge in [-0.15, -0.1) is 11.3 Å². The van der Waals surface area contributed by atoms with Crippen LogP contribution in [0.1, 0.15) is 19.8 Å². The van der Waals surface area contributed by atoms with E-state index in [-0.39, 0.29) is 11.1 Å². The highest BCUT2D eigenvalue weighted by Crippen LogP contribution is 2.26. The van der Waals surface area contributed by atoms with E-state index in [1.165, 1.54) is 11.3 Å². The zero-order valence-electron chi connectivity index (χ0n) is 11.7. The molecular formula is C12H18N4O3S2. The number of imidazole rings is 1. The van der Waals surface area contributed by atoms with Gasteiger partial charge in [0.15, 0.2) is 15.8 Å². The smallest absolute Gasteiger partial charge is 0.260 e. The maximum Gasteiger partial charge on any atom is 0.260 e. The minimum Gasteiger partial charge on any atom is -0.381 e. The minimum atomic E-state index is -3.63. The van der Waals surface area contributed by atoms with Crippen molar-refractivity contribution in [3.05, 3.63) is 11.6 Å². The van der Waals surface area contributed by atoms with Crippen molar-refractivity contribution in [2.75, 3.05) is 25.1 Å². The summed E-state index contributed by atoms with van der Waals surface area (Å²) in [7, 11) is -3.63. The zero-order valence-corrected chi connectivity index (χ0v) is 13.3. The van der Waals surface area contributed by atoms with E-state index in [2.05, 4.69) is 15.0 Å². The molecule has 1 fully saturated rings. The summed E-state index contributed by atoms with van der Waals surface area (Å²) in [6, 6.07) is -0.0811. The molecule has 0 saturated carbocycles. The number of sulfonamides is 1. The second kappa shape index (κ2) is 5.91. The lowest BCUT2D eigenvalue weighted by Gasteiger charge is -2.22. The molecule has 116 valence electrons. The summed E-state index contributed by atoms with van der Waals surface area (Å²) in [6.07, 6.45) is 3.12. The largest absolute Gasteiger partial charge is 0.381 e. The Morgan fingerprint density at radius 3 is 2.95 bits per heavy atom. The van der Waals surface area contributed by atoms with Crippen LogP contribution in [0.25, 0.3) is 4.96 Å². The van der Waals surface area contributed by atoms with E-state index in [4.69, 9.17) is 4.74 Å². The molecule has 3 heterocycles. The normalized spacial score (nSPS) is 17.4. The predicted molar refractivity (Wildman–Crippen MR) is 81.4 cm³/mol. The number of hydrogen-bond acceptors (Lipinski definition) is 6. The lowest BCUT2D eigenvalue weighted by Crippen LogP contribution is -2.39. The van der Waals surface area contributed by atoms with Crippen LogP contribution in [0.5, 0.6) is 0 Å². The molecule has 1 aliphatic heterocycles. The summed E-state index contributed by atoms with van der Waals surface area (Å²) < 4.78 is 35.1. The molecule has 2 aromatic rings. The standard InChI is InChI=1S/C12H18N4O3S2/c1-2-13-10-11(16-5-8-20-12(16)14-10)21(17,18)15-9-3-6-19-7-4-9/h5,8-9,13,15H,2-4,6-7H2,1H3. The lowest BCUT2D eigenvalue weighted by molar-refractivity contribution is 0.0832. The van der Waals surface area contributed by atoms with Crippen molar-refractivity contribution >= 4 is 32.1 Å². The van der Waals surface area contributed by atoms with Crippen molar-refractivity contribution in [2.45, 2.75) is 30.8 Å². The van der Waals surface area contributed by atoms with Crippen LogP contribution in [0.2, 0.25) is 0 Å². The van der Waals surface area contributed by atoms with E-state index in [1.807, 2.05) is 12.3 Å². The molecule has 2 aromatic heterocycles. The molecule has 0 unspecified atom stereocenters. The number of aromatic nitrogens is 2. The molecule has 0 bridgehead atoms. The van der Waals surface area contributed by atoms with Crippen LogP contribution in [0, 0.1) is 0 Å². The lowest BCUT2D eigenvalue weighted by atomic mass is 10.1. The highest BCUT2D eigenvalue weighted by molar-refractivity contribution is 7.89. The van der Waals surface area contributed by atoms with Gasteiger partial charge in [-0.2, -0.15) is 0 Å². The fourth-order valence-corrected chi connectivity index (χ4v) is 4.73. The number of rotatable bonds is 5. The molecule has 0 spiro atoms. The summed E-state index contributed by atoms with van der Waals surface area (Å²) in [4.78, 5) is 5.01. The molecule has 0 aliphatic carbocycles. The van der Waals surface area contributed by atoms with Crippen LogP contribution in [-0.4, -0.2) is 43.6 Å². The van der Waals surface area contributed by atoms with Crippen LogP contribution >= 0.6 is 11.3 Å². The van der Waals surface area contributed by atoms with Crippen molar-refractivity contribution in [2.24, 2.45) is 0 Å². The number of nitrogens with one attached hydrogen (secondary N) is 2. The molecule has 3 rings (SSSR count). The highest BCUT2D eigenvalue weighted by atomic mass is 32.2. The number of hydrogen-bond donors (Lipinski definition) is 2. The molecule has 0 amide bonds. The first-order chi connectivity index (χ1) is 10.1. The van der Waals surface area contributed by atoms with E-state index in [0.29, 0.717) is 43.4 Å². The summed E-state index contributed by atoms with van der Waals surface area (Å²) in [6.45, 7) is 3.71. The van der Waals surface area contributed by atoms with Gasteiger partial charge in [0.1, 0.15) is 0 Å². The monoisotopic (exact) mass is 330 g/mol. The van der Waals surface area contributed by atoms with Crippen molar-refractivity contribution in [3.8, 4) is 0 Å². The van der Waals surface area contributed by atoms with Gasteiger partial charge in [0.05, 0.1) is 0 Å². The molecule has 2 N–H and O–H groups in total. The third-order valence-electron chi connectivity index (χ3n) is 3.36. The average molecular weight is 330 g/mol. The summed E-state index contributed by atoms with van der Waals surface area (Å²) in [5.74, 6) is 0.406. The van der Waals surface area contributed by atoms with Crippen molar-refractivity contribution in [1.29, 1.82) is 0 Å². The van der Waals surface area contributed by atoms with Gasteiger partial charge >= 0.3 is 0 Å². The molecular weight excluding hydrogens is 312 g/mol. The third kappa shape index (κ3) is 2.91. The highest BCUT2D eigenvalue weighted by Gasteiger charge is 2.29. The van der Waals surface area contributed by atoms with Gasteiger partial charge in [0, 0.05) is 37.4 Å². The maximum absolute atomic E-state index is 12.7. The molecule has 1 saturated heterocycles. The van der Waals surface area contributed by atoms with Gasteiger partial charge in [0.2, 0.25) is 0 Å². The van der Waals surface area contributed by atoms with Gasteiger partial charge in [-0.1, -0.05) is 0 Å². The first kappa shape index (κ1) is 14.8. The molecule has 9 heteroatoms. The first-order valence-electron chi connectivity index (χ1n) is 6.91. The van der Waals surface area contributed by atoms with E-state index in [0.717, 1.165) is 0 Å². The van der Waals surface area contributed by atoms with Crippen molar-refractivity contribution < 1.29 is 13.2 Å².